The molecule has 0 fully saturated rings. The van der Waals surface area contributed by atoms with Crippen LogP contribution in [0.4, 0.5) is 0 Å². The molecule has 2 nitrogen and oxygen atoms in total. The molecule has 0 saturated carbocycles. The third-order valence-electron chi connectivity index (χ3n) is 3.51. The molecule has 20 heavy (non-hydrogen) atoms. The van der Waals surface area contributed by atoms with Crippen LogP contribution in [0.3, 0.4) is 0 Å². The Labute approximate surface area is 129 Å². The van der Waals surface area contributed by atoms with Gasteiger partial charge in [0.15, 0.2) is 0 Å². The number of aryl methyl sites for hydroxylation is 2. The van der Waals surface area contributed by atoms with Gasteiger partial charge in [-0.15, -0.1) is 0 Å². The summed E-state index contributed by atoms with van der Waals surface area (Å²) < 4.78 is 6.51. The molecule has 106 valence electrons. The molecule has 1 unspecified atom stereocenters. The van der Waals surface area contributed by atoms with Gasteiger partial charge in [0.1, 0.15) is 5.75 Å². The molecule has 0 spiro atoms. The average Bonchev–Trinajstić information content (AvgIpc) is 2.38. The summed E-state index contributed by atoms with van der Waals surface area (Å²) >= 11 is 3.48. The van der Waals surface area contributed by atoms with Crippen molar-refractivity contribution in [3.8, 4) is 5.75 Å². The van der Waals surface area contributed by atoms with Crippen LogP contribution in [0.25, 0.3) is 0 Å². The van der Waals surface area contributed by atoms with Gasteiger partial charge >= 0.3 is 0 Å². The van der Waals surface area contributed by atoms with E-state index in [1.807, 2.05) is 12.1 Å². The lowest BCUT2D eigenvalue weighted by atomic mass is 9.95. The molecule has 0 radical (unpaired) electrons. The molecular weight excluding hydrogens is 314 g/mol. The molecule has 2 N–H and O–H groups in total. The highest BCUT2D eigenvalue weighted by atomic mass is 79.9. The Morgan fingerprint density at radius 3 is 2.55 bits per heavy atom. The zero-order chi connectivity index (χ0) is 14.7. The first-order valence-corrected chi connectivity index (χ1v) is 7.45. The highest BCUT2D eigenvalue weighted by Gasteiger charge is 2.13. The average molecular weight is 334 g/mol. The summed E-state index contributed by atoms with van der Waals surface area (Å²) in [4.78, 5) is 0. The Kier molecular flexibility index (Phi) is 4.84. The minimum absolute atomic E-state index is 0.0289. The van der Waals surface area contributed by atoms with Crippen molar-refractivity contribution in [3.05, 3.63) is 63.1 Å². The van der Waals surface area contributed by atoms with E-state index < -0.39 is 0 Å². The molecule has 0 aromatic heterocycles. The van der Waals surface area contributed by atoms with Crippen LogP contribution < -0.4 is 10.5 Å². The summed E-state index contributed by atoms with van der Waals surface area (Å²) in [6, 6.07) is 12.4. The highest BCUT2D eigenvalue weighted by molar-refractivity contribution is 9.10. The van der Waals surface area contributed by atoms with Gasteiger partial charge in [-0.25, -0.2) is 0 Å². The van der Waals surface area contributed by atoms with Crippen LogP contribution in [-0.4, -0.2) is 7.11 Å². The topological polar surface area (TPSA) is 35.2 Å². The van der Waals surface area contributed by atoms with E-state index in [4.69, 9.17) is 10.5 Å². The quantitative estimate of drug-likeness (QED) is 0.904. The molecule has 2 aromatic carbocycles. The Bertz CT molecular complexity index is 610. The summed E-state index contributed by atoms with van der Waals surface area (Å²) in [6.45, 7) is 4.17. The van der Waals surface area contributed by atoms with Crippen molar-refractivity contribution in [2.24, 2.45) is 5.73 Å². The molecule has 0 bridgehead atoms. The smallest absolute Gasteiger partial charge is 0.122 e. The monoisotopic (exact) mass is 333 g/mol. The summed E-state index contributed by atoms with van der Waals surface area (Å²) in [5, 5.41) is 0. The first-order chi connectivity index (χ1) is 9.51. The second-order valence-corrected chi connectivity index (χ2v) is 6.04. The van der Waals surface area contributed by atoms with Gasteiger partial charge in [0.2, 0.25) is 0 Å². The molecule has 2 rings (SSSR count). The van der Waals surface area contributed by atoms with Crippen LogP contribution in [0.15, 0.2) is 40.9 Å². The number of ether oxygens (including phenoxy) is 1. The van der Waals surface area contributed by atoms with Gasteiger partial charge in [0.05, 0.1) is 7.11 Å². The molecule has 0 amide bonds. The predicted octanol–water partition coefficient (Wildman–Crippen LogP) is 4.32. The van der Waals surface area contributed by atoms with E-state index in [1.165, 1.54) is 16.7 Å². The minimum atomic E-state index is -0.0289. The molecule has 3 heteroatoms. The fourth-order valence-electron chi connectivity index (χ4n) is 2.47. The molecule has 2 aromatic rings. The Hall–Kier alpha value is -1.32. The predicted molar refractivity (Wildman–Crippen MR) is 87.2 cm³/mol. The maximum absolute atomic E-state index is 6.38. The third-order valence-corrected chi connectivity index (χ3v) is 4.00. The number of rotatable bonds is 4. The van der Waals surface area contributed by atoms with Crippen molar-refractivity contribution in [2.45, 2.75) is 26.3 Å². The second kappa shape index (κ2) is 6.42. The van der Waals surface area contributed by atoms with Crippen molar-refractivity contribution < 1.29 is 4.74 Å². The Balaban J connectivity index is 2.27. The molecule has 0 aliphatic rings. The van der Waals surface area contributed by atoms with Crippen LogP contribution in [0, 0.1) is 13.8 Å². The minimum Gasteiger partial charge on any atom is -0.496 e. The highest BCUT2D eigenvalue weighted by Crippen LogP contribution is 2.27. The maximum Gasteiger partial charge on any atom is 0.122 e. The zero-order valence-corrected chi connectivity index (χ0v) is 13.7. The summed E-state index contributed by atoms with van der Waals surface area (Å²) in [5.74, 6) is 0.904. The van der Waals surface area contributed by atoms with Gasteiger partial charge < -0.3 is 10.5 Å². The van der Waals surface area contributed by atoms with E-state index in [-0.39, 0.29) is 6.04 Å². The van der Waals surface area contributed by atoms with Crippen molar-refractivity contribution >= 4 is 15.9 Å². The fraction of sp³-hybridized carbons (Fsp3) is 0.294. The van der Waals surface area contributed by atoms with Crippen LogP contribution in [0.2, 0.25) is 0 Å². The molecular formula is C17H20BrNO. The van der Waals surface area contributed by atoms with Gasteiger partial charge in [0, 0.05) is 10.5 Å². The van der Waals surface area contributed by atoms with Gasteiger partial charge in [-0.1, -0.05) is 39.7 Å². The summed E-state index contributed by atoms with van der Waals surface area (Å²) in [6.07, 6.45) is 0.771. The lowest BCUT2D eigenvalue weighted by molar-refractivity contribution is 0.408. The van der Waals surface area contributed by atoms with Crippen LogP contribution >= 0.6 is 15.9 Å². The number of halogens is 1. The molecule has 1 atom stereocenters. The Morgan fingerprint density at radius 1 is 1.15 bits per heavy atom. The first-order valence-electron chi connectivity index (χ1n) is 6.66. The van der Waals surface area contributed by atoms with E-state index in [1.54, 1.807) is 7.11 Å². The number of nitrogens with two attached hydrogens (primary N) is 1. The van der Waals surface area contributed by atoms with E-state index in [0.717, 1.165) is 22.2 Å². The molecule has 0 aliphatic carbocycles. The molecule has 0 heterocycles. The van der Waals surface area contributed by atoms with Crippen molar-refractivity contribution in [2.75, 3.05) is 7.11 Å². The first kappa shape index (κ1) is 15.1. The van der Waals surface area contributed by atoms with Crippen LogP contribution in [0.1, 0.15) is 28.3 Å². The zero-order valence-electron chi connectivity index (χ0n) is 12.1. The van der Waals surface area contributed by atoms with E-state index in [2.05, 4.69) is 54.0 Å². The van der Waals surface area contributed by atoms with E-state index in [0.29, 0.717) is 0 Å². The molecule has 0 aliphatic heterocycles. The van der Waals surface area contributed by atoms with Gasteiger partial charge in [0.25, 0.3) is 0 Å². The lowest BCUT2D eigenvalue weighted by Gasteiger charge is -2.17. The van der Waals surface area contributed by atoms with Crippen molar-refractivity contribution in [1.29, 1.82) is 0 Å². The number of methoxy groups -OCH3 is 1. The molecule has 0 saturated heterocycles. The maximum atomic E-state index is 6.38. The SMILES string of the molecule is COc1ccc(C)cc1CC(N)c1ccc(Br)cc1C. The normalized spacial score (nSPS) is 12.2. The lowest BCUT2D eigenvalue weighted by Crippen LogP contribution is -2.15. The number of benzene rings is 2. The summed E-state index contributed by atoms with van der Waals surface area (Å²) in [7, 11) is 1.70. The van der Waals surface area contributed by atoms with E-state index >= 15 is 0 Å². The van der Waals surface area contributed by atoms with Crippen molar-refractivity contribution in [1.82, 2.24) is 0 Å². The Morgan fingerprint density at radius 2 is 1.90 bits per heavy atom. The van der Waals surface area contributed by atoms with Gasteiger partial charge in [-0.2, -0.15) is 0 Å². The third kappa shape index (κ3) is 3.41. The van der Waals surface area contributed by atoms with Crippen LogP contribution in [-0.2, 0) is 6.42 Å². The fourth-order valence-corrected chi connectivity index (χ4v) is 2.94. The largest absolute Gasteiger partial charge is 0.496 e. The van der Waals surface area contributed by atoms with Gasteiger partial charge in [-0.05, 0) is 55.2 Å². The standard InChI is InChI=1S/C17H20BrNO/c1-11-4-7-17(20-3)13(8-11)10-16(19)15-6-5-14(18)9-12(15)2/h4-9,16H,10,19H2,1-3H3. The van der Waals surface area contributed by atoms with Gasteiger partial charge in [-0.3, -0.25) is 0 Å². The summed E-state index contributed by atoms with van der Waals surface area (Å²) in [5.41, 5.74) is 11.1. The van der Waals surface area contributed by atoms with Crippen molar-refractivity contribution in [3.63, 3.8) is 0 Å². The van der Waals surface area contributed by atoms with Crippen LogP contribution in [0.5, 0.6) is 5.75 Å². The number of hydrogen-bond acceptors (Lipinski definition) is 2. The second-order valence-electron chi connectivity index (χ2n) is 5.13. The van der Waals surface area contributed by atoms with E-state index in [9.17, 15) is 0 Å². The number of hydrogen-bond donors (Lipinski definition) is 1.